The molecule has 0 saturated carbocycles. The third kappa shape index (κ3) is 3.87. The first-order valence-corrected chi connectivity index (χ1v) is 9.86. The summed E-state index contributed by atoms with van der Waals surface area (Å²) in [6, 6.07) is 3.47. The van der Waals surface area contributed by atoms with Crippen LogP contribution in [0.15, 0.2) is 36.9 Å². The predicted octanol–water partition coefficient (Wildman–Crippen LogP) is 1.00. The van der Waals surface area contributed by atoms with Crippen LogP contribution in [0.4, 0.5) is 0 Å². The summed E-state index contributed by atoms with van der Waals surface area (Å²) in [5.74, 6) is 0.0145. The van der Waals surface area contributed by atoms with Crippen molar-refractivity contribution in [3.05, 3.63) is 42.5 Å². The Kier molecular flexibility index (Phi) is 4.75. The summed E-state index contributed by atoms with van der Waals surface area (Å²) in [6.07, 6.45) is 8.51. The van der Waals surface area contributed by atoms with Crippen LogP contribution in [-0.4, -0.2) is 51.6 Å². The second-order valence-electron chi connectivity index (χ2n) is 6.19. The molecule has 1 atom stereocenters. The molecule has 0 radical (unpaired) electrons. The van der Waals surface area contributed by atoms with E-state index in [0.717, 1.165) is 18.5 Å². The van der Waals surface area contributed by atoms with Gasteiger partial charge in [-0.25, -0.2) is 8.42 Å². The number of sulfone groups is 1. The Labute approximate surface area is 141 Å². The molecule has 0 bridgehead atoms. The largest absolute Gasteiger partial charge is 0.354 e. The molecular formula is C16H22N4O3S. The maximum absolute atomic E-state index is 12.6. The van der Waals surface area contributed by atoms with Crippen molar-refractivity contribution in [3.63, 3.8) is 0 Å². The number of hydrogen-bond donors (Lipinski definition) is 0. The van der Waals surface area contributed by atoms with Crippen LogP contribution in [0.3, 0.4) is 0 Å². The van der Waals surface area contributed by atoms with Crippen molar-refractivity contribution in [2.24, 2.45) is 7.05 Å². The van der Waals surface area contributed by atoms with Crippen molar-refractivity contribution < 1.29 is 13.2 Å². The Hall–Kier alpha value is -2.09. The predicted molar refractivity (Wildman–Crippen MR) is 90.0 cm³/mol. The third-order valence-electron chi connectivity index (χ3n) is 4.33. The van der Waals surface area contributed by atoms with E-state index in [1.165, 1.54) is 0 Å². The van der Waals surface area contributed by atoms with Crippen LogP contribution in [0.5, 0.6) is 0 Å². The Morgan fingerprint density at radius 1 is 1.33 bits per heavy atom. The molecule has 1 aliphatic rings. The highest BCUT2D eigenvalue weighted by atomic mass is 32.2. The van der Waals surface area contributed by atoms with Crippen molar-refractivity contribution in [1.82, 2.24) is 19.2 Å². The molecule has 1 amide bonds. The average Bonchev–Trinajstić information content (AvgIpc) is 3.18. The zero-order valence-corrected chi connectivity index (χ0v) is 14.5. The van der Waals surface area contributed by atoms with Gasteiger partial charge in [-0.15, -0.1) is 0 Å². The minimum atomic E-state index is -3.13. The zero-order chi connectivity index (χ0) is 17.2. The van der Waals surface area contributed by atoms with Gasteiger partial charge in [0.05, 0.1) is 23.7 Å². The molecule has 0 spiro atoms. The highest BCUT2D eigenvalue weighted by molar-refractivity contribution is 7.91. The molecule has 1 saturated heterocycles. The summed E-state index contributed by atoms with van der Waals surface area (Å²) in [5, 5.41) is 4.11. The number of rotatable bonds is 5. The summed E-state index contributed by atoms with van der Waals surface area (Å²) < 4.78 is 27.7. The van der Waals surface area contributed by atoms with Gasteiger partial charge in [0.2, 0.25) is 5.91 Å². The van der Waals surface area contributed by atoms with Gasteiger partial charge in [0, 0.05) is 50.7 Å². The van der Waals surface area contributed by atoms with Gasteiger partial charge < -0.3 is 9.47 Å². The van der Waals surface area contributed by atoms with E-state index in [4.69, 9.17) is 0 Å². The molecule has 1 unspecified atom stereocenters. The topological polar surface area (TPSA) is 77.2 Å². The summed E-state index contributed by atoms with van der Waals surface area (Å²) in [5.41, 5.74) is 0.777. The third-order valence-corrected chi connectivity index (χ3v) is 5.96. The first-order valence-electron chi connectivity index (χ1n) is 8.04. The zero-order valence-electron chi connectivity index (χ0n) is 13.7. The van der Waals surface area contributed by atoms with Crippen molar-refractivity contribution in [2.45, 2.75) is 25.4 Å². The Morgan fingerprint density at radius 2 is 2.08 bits per heavy atom. The smallest absolute Gasteiger partial charge is 0.223 e. The van der Waals surface area contributed by atoms with E-state index in [-0.39, 0.29) is 24.0 Å². The minimum absolute atomic E-state index is 0.00547. The van der Waals surface area contributed by atoms with Gasteiger partial charge in [-0.3, -0.25) is 9.48 Å². The van der Waals surface area contributed by atoms with E-state index in [2.05, 4.69) is 5.10 Å². The van der Waals surface area contributed by atoms with Gasteiger partial charge in [-0.05, 0) is 18.6 Å². The lowest BCUT2D eigenvalue weighted by molar-refractivity contribution is -0.133. The van der Waals surface area contributed by atoms with Crippen LogP contribution in [0.25, 0.3) is 0 Å². The van der Waals surface area contributed by atoms with E-state index < -0.39 is 15.9 Å². The summed E-state index contributed by atoms with van der Waals surface area (Å²) in [6.45, 7) is 1.03. The molecule has 2 aromatic heterocycles. The van der Waals surface area contributed by atoms with E-state index in [9.17, 15) is 13.2 Å². The van der Waals surface area contributed by atoms with Crippen LogP contribution in [0.2, 0.25) is 0 Å². The van der Waals surface area contributed by atoms with Gasteiger partial charge in [-0.2, -0.15) is 5.10 Å². The number of hydrogen-bond acceptors (Lipinski definition) is 4. The number of carbonyl (C=O) groups is 1. The monoisotopic (exact) mass is 350 g/mol. The van der Waals surface area contributed by atoms with Gasteiger partial charge in [-0.1, -0.05) is 0 Å². The number of carbonyl (C=O) groups excluding carboxylic acids is 1. The standard InChI is InChI=1S/C16H22N4O3S/c1-18-12-14(11-17-18)15-13-24(22,23)10-9-20(15)16(21)5-4-8-19-6-2-3-7-19/h2-3,6-7,11-12,15H,4-5,8-10,13H2,1H3. The SMILES string of the molecule is Cn1cc(C2CS(=O)(=O)CCN2C(=O)CCCn2cccc2)cn1. The molecule has 3 heterocycles. The number of aryl methyl sites for hydroxylation is 2. The van der Waals surface area contributed by atoms with Crippen LogP contribution >= 0.6 is 0 Å². The first-order chi connectivity index (χ1) is 11.4. The molecule has 1 aliphatic heterocycles. The van der Waals surface area contributed by atoms with Gasteiger partial charge in [0.1, 0.15) is 0 Å². The molecule has 0 aliphatic carbocycles. The lowest BCUT2D eigenvalue weighted by atomic mass is 10.1. The highest BCUT2D eigenvalue weighted by Crippen LogP contribution is 2.27. The Bertz CT molecular complexity index is 795. The van der Waals surface area contributed by atoms with Crippen LogP contribution in [-0.2, 0) is 28.2 Å². The van der Waals surface area contributed by atoms with E-state index in [1.54, 1.807) is 29.0 Å². The summed E-state index contributed by atoms with van der Waals surface area (Å²) in [4.78, 5) is 14.3. The molecule has 8 heteroatoms. The lowest BCUT2D eigenvalue weighted by Gasteiger charge is -2.35. The fourth-order valence-corrected chi connectivity index (χ4v) is 4.56. The molecule has 3 rings (SSSR count). The summed E-state index contributed by atoms with van der Waals surface area (Å²) >= 11 is 0. The normalized spacial score (nSPS) is 20.2. The lowest BCUT2D eigenvalue weighted by Crippen LogP contribution is -2.46. The number of amides is 1. The van der Waals surface area contributed by atoms with Gasteiger partial charge in [0.25, 0.3) is 0 Å². The molecule has 1 fully saturated rings. The molecule has 0 N–H and O–H groups in total. The maximum atomic E-state index is 12.6. The molecular weight excluding hydrogens is 328 g/mol. The fourth-order valence-electron chi connectivity index (χ4n) is 3.07. The van der Waals surface area contributed by atoms with E-state index in [1.807, 2.05) is 29.1 Å². The van der Waals surface area contributed by atoms with Crippen molar-refractivity contribution in [2.75, 3.05) is 18.1 Å². The second-order valence-corrected chi connectivity index (χ2v) is 8.42. The van der Waals surface area contributed by atoms with Gasteiger partial charge >= 0.3 is 0 Å². The Morgan fingerprint density at radius 3 is 2.75 bits per heavy atom. The van der Waals surface area contributed by atoms with Crippen molar-refractivity contribution >= 4 is 15.7 Å². The molecule has 7 nitrogen and oxygen atoms in total. The molecule has 2 aromatic rings. The van der Waals surface area contributed by atoms with Crippen LogP contribution < -0.4 is 0 Å². The maximum Gasteiger partial charge on any atom is 0.223 e. The molecule has 130 valence electrons. The van der Waals surface area contributed by atoms with Crippen molar-refractivity contribution in [3.8, 4) is 0 Å². The van der Waals surface area contributed by atoms with Gasteiger partial charge in [0.15, 0.2) is 9.84 Å². The van der Waals surface area contributed by atoms with E-state index >= 15 is 0 Å². The van der Waals surface area contributed by atoms with Crippen LogP contribution in [0, 0.1) is 0 Å². The summed E-state index contributed by atoms with van der Waals surface area (Å²) in [7, 11) is -1.35. The van der Waals surface area contributed by atoms with Crippen molar-refractivity contribution in [1.29, 1.82) is 0 Å². The fraction of sp³-hybridized carbons (Fsp3) is 0.500. The molecule has 24 heavy (non-hydrogen) atoms. The molecule has 0 aromatic carbocycles. The highest BCUT2D eigenvalue weighted by Gasteiger charge is 2.35. The minimum Gasteiger partial charge on any atom is -0.354 e. The van der Waals surface area contributed by atoms with E-state index in [0.29, 0.717) is 6.42 Å². The quantitative estimate of drug-likeness (QED) is 0.806. The first kappa shape index (κ1) is 16.8. The number of nitrogens with zero attached hydrogens (tertiary/aromatic N) is 4. The Balaban J connectivity index is 1.68. The second kappa shape index (κ2) is 6.80. The van der Waals surface area contributed by atoms with Crippen LogP contribution in [0.1, 0.15) is 24.4 Å². The average molecular weight is 350 g/mol. The number of aromatic nitrogens is 3.